The largest absolute Gasteiger partial charge is 0.495 e. The molecule has 7 heteroatoms. The van der Waals surface area contributed by atoms with Crippen LogP contribution in [0, 0.1) is 6.92 Å². The van der Waals surface area contributed by atoms with Crippen molar-refractivity contribution in [2.24, 2.45) is 0 Å². The fraction of sp³-hybridized carbons (Fsp3) is 0.222. The Morgan fingerprint density at radius 3 is 2.68 bits per heavy atom. The van der Waals surface area contributed by atoms with Crippen LogP contribution in [0.1, 0.15) is 10.4 Å². The number of aliphatic hydroxyl groups excluding tert-OH is 1. The van der Waals surface area contributed by atoms with Crippen LogP contribution in [0.2, 0.25) is 0 Å². The third-order valence-electron chi connectivity index (χ3n) is 3.72. The molecular weight excluding hydrogens is 358 g/mol. The van der Waals surface area contributed by atoms with Crippen LogP contribution in [-0.4, -0.2) is 36.4 Å². The monoisotopic (exact) mass is 375 g/mol. The summed E-state index contributed by atoms with van der Waals surface area (Å²) in [6, 6.07) is 9.04. The number of aryl methyl sites for hydroxylation is 1. The summed E-state index contributed by atoms with van der Waals surface area (Å²) >= 11 is 2.61. The molecule has 1 aliphatic rings. The van der Waals surface area contributed by atoms with Gasteiger partial charge in [-0.05, 0) is 36.1 Å². The number of carbonyl (C=O) groups is 2. The highest BCUT2D eigenvalue weighted by atomic mass is 32.2. The van der Waals surface area contributed by atoms with E-state index in [-0.39, 0.29) is 18.4 Å². The number of methoxy groups -OCH3 is 1. The molecule has 1 N–H and O–H groups in total. The zero-order chi connectivity index (χ0) is 18.0. The lowest BCUT2D eigenvalue weighted by molar-refractivity contribution is -0.119. The number of thioether (sulfide) groups is 1. The summed E-state index contributed by atoms with van der Waals surface area (Å²) < 4.78 is 5.34. The van der Waals surface area contributed by atoms with Gasteiger partial charge < -0.3 is 9.84 Å². The van der Waals surface area contributed by atoms with Gasteiger partial charge in [0.25, 0.3) is 11.8 Å². The highest BCUT2D eigenvalue weighted by Gasteiger charge is 2.41. The molecule has 5 nitrogen and oxygen atoms in total. The number of rotatable bonds is 6. The molecule has 1 aromatic heterocycles. The Hall–Kier alpha value is -2.09. The topological polar surface area (TPSA) is 66.8 Å². The molecule has 0 fully saturated rings. The molecule has 130 valence electrons. The molecule has 0 unspecified atom stereocenters. The Labute approximate surface area is 153 Å². The lowest BCUT2D eigenvalue weighted by Crippen LogP contribution is -2.31. The van der Waals surface area contributed by atoms with Crippen LogP contribution < -0.4 is 9.64 Å². The first kappa shape index (κ1) is 17.7. The number of carbonyl (C=O) groups excluding carboxylic acids is 2. The summed E-state index contributed by atoms with van der Waals surface area (Å²) in [7, 11) is 1.51. The molecule has 2 aromatic rings. The van der Waals surface area contributed by atoms with Crippen molar-refractivity contribution in [2.75, 3.05) is 24.4 Å². The summed E-state index contributed by atoms with van der Waals surface area (Å²) in [6.45, 7) is 1.82. The second-order valence-electron chi connectivity index (χ2n) is 5.37. The van der Waals surface area contributed by atoms with E-state index in [1.54, 1.807) is 12.1 Å². The van der Waals surface area contributed by atoms with Gasteiger partial charge in [0, 0.05) is 10.6 Å². The van der Waals surface area contributed by atoms with E-state index in [2.05, 4.69) is 0 Å². The maximum absolute atomic E-state index is 13.1. The molecule has 2 amide bonds. The van der Waals surface area contributed by atoms with E-state index >= 15 is 0 Å². The van der Waals surface area contributed by atoms with E-state index in [4.69, 9.17) is 9.84 Å². The van der Waals surface area contributed by atoms with Crippen LogP contribution in [0.25, 0.3) is 5.57 Å². The van der Waals surface area contributed by atoms with E-state index < -0.39 is 0 Å². The maximum Gasteiger partial charge on any atom is 0.272 e. The predicted octanol–water partition coefficient (Wildman–Crippen LogP) is 3.08. The summed E-state index contributed by atoms with van der Waals surface area (Å²) in [4.78, 5) is 28.4. The number of benzene rings is 1. The standard InChI is InChI=1S/C18H17NO4S2/c1-11-5-6-13(23-2)12(10-11)19-17(21)15(14-4-3-8-24-14)16(18(19)22)25-9-7-20/h3-6,8,10,20H,7,9H2,1-2H3. The second-order valence-corrected chi connectivity index (χ2v) is 7.43. The van der Waals surface area contributed by atoms with Crippen LogP contribution in [0.15, 0.2) is 40.6 Å². The number of ether oxygens (including phenoxy) is 1. The Balaban J connectivity index is 2.10. The first-order valence-electron chi connectivity index (χ1n) is 7.63. The smallest absolute Gasteiger partial charge is 0.272 e. The number of thiophene rings is 1. The third-order valence-corrected chi connectivity index (χ3v) is 5.66. The van der Waals surface area contributed by atoms with E-state index in [0.717, 1.165) is 10.4 Å². The van der Waals surface area contributed by atoms with E-state index in [1.807, 2.05) is 30.5 Å². The van der Waals surface area contributed by atoms with Crippen molar-refractivity contribution in [3.05, 3.63) is 51.1 Å². The zero-order valence-corrected chi connectivity index (χ0v) is 15.4. The van der Waals surface area contributed by atoms with Crippen molar-refractivity contribution in [1.82, 2.24) is 0 Å². The number of aliphatic hydroxyl groups is 1. The van der Waals surface area contributed by atoms with Crippen molar-refractivity contribution in [1.29, 1.82) is 0 Å². The van der Waals surface area contributed by atoms with Gasteiger partial charge >= 0.3 is 0 Å². The molecule has 0 bridgehead atoms. The predicted molar refractivity (Wildman–Crippen MR) is 101 cm³/mol. The minimum absolute atomic E-state index is 0.0683. The van der Waals surface area contributed by atoms with Crippen molar-refractivity contribution in [2.45, 2.75) is 6.92 Å². The molecule has 0 aliphatic carbocycles. The number of hydrogen-bond donors (Lipinski definition) is 1. The number of nitrogens with zero attached hydrogens (tertiary/aromatic N) is 1. The molecule has 3 rings (SSSR count). The molecule has 0 atom stereocenters. The first-order valence-corrected chi connectivity index (χ1v) is 9.50. The van der Waals surface area contributed by atoms with Crippen LogP contribution in [0.4, 0.5) is 5.69 Å². The number of amides is 2. The first-order chi connectivity index (χ1) is 12.1. The average Bonchev–Trinajstić information content (AvgIpc) is 3.19. The summed E-state index contributed by atoms with van der Waals surface area (Å²) in [5.74, 6) is 0.0703. The van der Waals surface area contributed by atoms with Gasteiger partial charge in [0.1, 0.15) is 5.75 Å². The van der Waals surface area contributed by atoms with Crippen molar-refractivity contribution in [3.8, 4) is 5.75 Å². The molecular formula is C18H17NO4S2. The van der Waals surface area contributed by atoms with Crippen LogP contribution in [0.3, 0.4) is 0 Å². The molecule has 1 aromatic carbocycles. The van der Waals surface area contributed by atoms with Gasteiger partial charge in [-0.25, -0.2) is 4.90 Å². The van der Waals surface area contributed by atoms with Crippen LogP contribution >= 0.6 is 23.1 Å². The van der Waals surface area contributed by atoms with E-state index in [1.165, 1.54) is 35.1 Å². The number of anilines is 1. The maximum atomic E-state index is 13.1. The minimum atomic E-state index is -0.379. The van der Waals surface area contributed by atoms with Gasteiger partial charge in [0.2, 0.25) is 0 Å². The average molecular weight is 375 g/mol. The Morgan fingerprint density at radius 1 is 1.24 bits per heavy atom. The van der Waals surface area contributed by atoms with Gasteiger partial charge in [0.05, 0.1) is 29.9 Å². The highest BCUT2D eigenvalue weighted by molar-refractivity contribution is 8.04. The molecule has 0 spiro atoms. The number of hydrogen-bond acceptors (Lipinski definition) is 6. The Kier molecular flexibility index (Phi) is 5.27. The fourth-order valence-electron chi connectivity index (χ4n) is 2.62. The molecule has 0 radical (unpaired) electrons. The number of imide groups is 1. The van der Waals surface area contributed by atoms with E-state index in [9.17, 15) is 9.59 Å². The molecule has 2 heterocycles. The molecule has 0 saturated carbocycles. The van der Waals surface area contributed by atoms with Gasteiger partial charge in [-0.15, -0.1) is 23.1 Å². The third kappa shape index (κ3) is 3.22. The molecule has 1 aliphatic heterocycles. The lowest BCUT2D eigenvalue weighted by Gasteiger charge is -2.18. The summed E-state index contributed by atoms with van der Waals surface area (Å²) in [5.41, 5.74) is 1.75. The van der Waals surface area contributed by atoms with Crippen LogP contribution in [0.5, 0.6) is 5.75 Å². The Morgan fingerprint density at radius 2 is 2.04 bits per heavy atom. The van der Waals surface area contributed by atoms with Gasteiger partial charge in [0.15, 0.2) is 0 Å². The van der Waals surface area contributed by atoms with Gasteiger partial charge in [-0.2, -0.15) is 0 Å². The van der Waals surface area contributed by atoms with Crippen LogP contribution in [-0.2, 0) is 9.59 Å². The zero-order valence-electron chi connectivity index (χ0n) is 13.8. The normalized spacial score (nSPS) is 14.6. The SMILES string of the molecule is COc1ccc(C)cc1N1C(=O)C(SCCO)=C(c2cccs2)C1=O. The second kappa shape index (κ2) is 7.43. The summed E-state index contributed by atoms with van der Waals surface area (Å²) in [6.07, 6.45) is 0. The quantitative estimate of drug-likeness (QED) is 0.786. The Bertz CT molecular complexity index is 843. The fourth-order valence-corrected chi connectivity index (χ4v) is 4.31. The lowest BCUT2D eigenvalue weighted by atomic mass is 10.2. The van der Waals surface area contributed by atoms with Crippen molar-refractivity contribution >= 4 is 46.2 Å². The summed E-state index contributed by atoms with van der Waals surface area (Å²) in [5, 5.41) is 11.0. The van der Waals surface area contributed by atoms with Crippen molar-refractivity contribution < 1.29 is 19.4 Å². The van der Waals surface area contributed by atoms with Gasteiger partial charge in [-0.1, -0.05) is 12.1 Å². The highest BCUT2D eigenvalue weighted by Crippen LogP contribution is 2.42. The molecule has 25 heavy (non-hydrogen) atoms. The van der Waals surface area contributed by atoms with E-state index in [0.29, 0.717) is 27.7 Å². The van der Waals surface area contributed by atoms with Gasteiger partial charge in [-0.3, -0.25) is 9.59 Å². The van der Waals surface area contributed by atoms with Crippen molar-refractivity contribution in [3.63, 3.8) is 0 Å². The minimum Gasteiger partial charge on any atom is -0.495 e. The molecule has 0 saturated heterocycles.